The average molecular weight is 422 g/mol. The van der Waals surface area contributed by atoms with Crippen LogP contribution < -0.4 is 23.7 Å². The first-order valence-electron chi connectivity index (χ1n) is 9.33. The number of ether oxygens (including phenoxy) is 5. The predicted octanol–water partition coefficient (Wildman–Crippen LogP) is 4.17. The number of carbonyl (C=O) groups is 2. The van der Waals surface area contributed by atoms with E-state index in [9.17, 15) is 9.59 Å². The lowest BCUT2D eigenvalue weighted by molar-refractivity contribution is 0.0726. The Balaban J connectivity index is 2.04. The zero-order valence-corrected chi connectivity index (χ0v) is 17.6. The molecule has 0 heterocycles. The summed E-state index contributed by atoms with van der Waals surface area (Å²) in [4.78, 5) is 26.4. The third-order valence-corrected chi connectivity index (χ3v) is 4.62. The fourth-order valence-electron chi connectivity index (χ4n) is 3.16. The highest BCUT2D eigenvalue weighted by atomic mass is 16.5. The number of rotatable bonds is 8. The van der Waals surface area contributed by atoms with Gasteiger partial charge in [-0.15, -0.1) is 0 Å². The summed E-state index contributed by atoms with van der Waals surface area (Å²) in [7, 11) is 5.81. The number of ketones is 1. The third-order valence-electron chi connectivity index (χ3n) is 4.62. The number of methoxy groups -OCH3 is 4. The molecule has 7 nitrogen and oxygen atoms in total. The monoisotopic (exact) mass is 422 g/mol. The van der Waals surface area contributed by atoms with Gasteiger partial charge in [-0.05, 0) is 36.4 Å². The smallest absolute Gasteiger partial charge is 0.351 e. The third kappa shape index (κ3) is 4.30. The van der Waals surface area contributed by atoms with Crippen LogP contribution in [0.25, 0.3) is 0 Å². The van der Waals surface area contributed by atoms with Crippen molar-refractivity contribution in [3.05, 3.63) is 77.4 Å². The number of para-hydroxylation sites is 1. The lowest BCUT2D eigenvalue weighted by Crippen LogP contribution is -2.15. The Morgan fingerprint density at radius 3 is 1.45 bits per heavy atom. The Morgan fingerprint density at radius 1 is 0.548 bits per heavy atom. The molecule has 0 saturated carbocycles. The highest BCUT2D eigenvalue weighted by Crippen LogP contribution is 2.34. The minimum atomic E-state index is -0.721. The van der Waals surface area contributed by atoms with E-state index in [1.807, 2.05) is 0 Å². The van der Waals surface area contributed by atoms with Crippen LogP contribution in [0.2, 0.25) is 0 Å². The van der Waals surface area contributed by atoms with E-state index in [1.165, 1.54) is 34.5 Å². The SMILES string of the molecule is COc1cccc(OC)c1C(=O)Oc1ccccc1C(=O)c1c(OC)cccc1OC. The van der Waals surface area contributed by atoms with Crippen LogP contribution in [0, 0.1) is 0 Å². The molecule has 0 spiro atoms. The van der Waals surface area contributed by atoms with E-state index in [4.69, 9.17) is 23.7 Å². The molecule has 0 bridgehead atoms. The van der Waals surface area contributed by atoms with Gasteiger partial charge in [-0.25, -0.2) is 4.79 Å². The molecule has 31 heavy (non-hydrogen) atoms. The van der Waals surface area contributed by atoms with E-state index in [2.05, 4.69) is 0 Å². The normalized spacial score (nSPS) is 10.2. The summed E-state index contributed by atoms with van der Waals surface area (Å²) >= 11 is 0. The predicted molar refractivity (Wildman–Crippen MR) is 114 cm³/mol. The zero-order chi connectivity index (χ0) is 22.4. The first kappa shape index (κ1) is 21.7. The maximum atomic E-state index is 13.4. The highest BCUT2D eigenvalue weighted by Gasteiger charge is 2.26. The minimum Gasteiger partial charge on any atom is -0.496 e. The Kier molecular flexibility index (Phi) is 6.77. The van der Waals surface area contributed by atoms with Crippen LogP contribution >= 0.6 is 0 Å². The Hall–Kier alpha value is -4.00. The van der Waals surface area contributed by atoms with Gasteiger partial charge in [0.2, 0.25) is 5.78 Å². The van der Waals surface area contributed by atoms with E-state index in [-0.39, 0.29) is 22.4 Å². The second-order valence-electron chi connectivity index (χ2n) is 6.29. The van der Waals surface area contributed by atoms with Crippen LogP contribution in [0.15, 0.2) is 60.7 Å². The molecule has 0 fully saturated rings. The van der Waals surface area contributed by atoms with Gasteiger partial charge >= 0.3 is 5.97 Å². The molecule has 3 rings (SSSR count). The van der Waals surface area contributed by atoms with Crippen molar-refractivity contribution < 1.29 is 33.3 Å². The summed E-state index contributed by atoms with van der Waals surface area (Å²) in [6, 6.07) is 16.4. The van der Waals surface area contributed by atoms with Crippen molar-refractivity contribution in [2.75, 3.05) is 28.4 Å². The molecule has 0 N–H and O–H groups in total. The summed E-state index contributed by atoms with van der Waals surface area (Å²) in [5.74, 6) is 0.220. The quantitative estimate of drug-likeness (QED) is 0.306. The molecule has 0 radical (unpaired) electrons. The largest absolute Gasteiger partial charge is 0.496 e. The number of hydrogen-bond donors (Lipinski definition) is 0. The lowest BCUT2D eigenvalue weighted by Gasteiger charge is -2.15. The van der Waals surface area contributed by atoms with Crippen molar-refractivity contribution in [2.45, 2.75) is 0 Å². The maximum Gasteiger partial charge on any atom is 0.351 e. The molecule has 0 aliphatic carbocycles. The summed E-state index contributed by atoms with van der Waals surface area (Å²) in [5.41, 5.74) is 0.517. The van der Waals surface area contributed by atoms with Gasteiger partial charge in [0.05, 0.1) is 34.0 Å². The lowest BCUT2D eigenvalue weighted by atomic mass is 10.0. The fraction of sp³-hybridized carbons (Fsp3) is 0.167. The zero-order valence-electron chi connectivity index (χ0n) is 17.6. The summed E-state index contributed by atoms with van der Waals surface area (Å²) in [6.07, 6.45) is 0. The number of benzene rings is 3. The van der Waals surface area contributed by atoms with Gasteiger partial charge in [-0.1, -0.05) is 24.3 Å². The molecule has 0 unspecified atom stereocenters. The van der Waals surface area contributed by atoms with Crippen molar-refractivity contribution in [1.82, 2.24) is 0 Å². The van der Waals surface area contributed by atoms with Gasteiger partial charge < -0.3 is 23.7 Å². The van der Waals surface area contributed by atoms with Crippen molar-refractivity contribution in [1.29, 1.82) is 0 Å². The van der Waals surface area contributed by atoms with Crippen molar-refractivity contribution in [3.63, 3.8) is 0 Å². The van der Waals surface area contributed by atoms with Gasteiger partial charge in [0, 0.05) is 0 Å². The minimum absolute atomic E-state index is 0.0819. The molecule has 0 saturated heterocycles. The van der Waals surface area contributed by atoms with Gasteiger partial charge in [0.25, 0.3) is 0 Å². The number of hydrogen-bond acceptors (Lipinski definition) is 7. The average Bonchev–Trinajstić information content (AvgIpc) is 2.82. The van der Waals surface area contributed by atoms with Gasteiger partial charge in [-0.2, -0.15) is 0 Å². The topological polar surface area (TPSA) is 80.3 Å². The van der Waals surface area contributed by atoms with E-state index in [1.54, 1.807) is 54.6 Å². The maximum absolute atomic E-state index is 13.4. The van der Waals surface area contributed by atoms with Crippen LogP contribution in [0.4, 0.5) is 0 Å². The standard InChI is InChI=1S/C24H22O7/c1-27-17-11-7-12-18(28-2)21(17)23(25)15-9-5-6-10-16(15)31-24(26)22-19(29-3)13-8-14-20(22)30-4/h5-14H,1-4H3. The Labute approximate surface area is 180 Å². The van der Waals surface area contributed by atoms with Crippen LogP contribution in [0.5, 0.6) is 28.7 Å². The van der Waals surface area contributed by atoms with Gasteiger partial charge in [0.1, 0.15) is 39.9 Å². The van der Waals surface area contributed by atoms with E-state index in [0.717, 1.165) is 0 Å². The Morgan fingerprint density at radius 2 is 0.968 bits per heavy atom. The molecule has 3 aromatic rings. The highest BCUT2D eigenvalue weighted by molar-refractivity contribution is 6.14. The molecule has 3 aromatic carbocycles. The molecule has 0 aliphatic heterocycles. The summed E-state index contributed by atoms with van der Waals surface area (Å²) in [6.45, 7) is 0. The second-order valence-corrected chi connectivity index (χ2v) is 6.29. The van der Waals surface area contributed by atoms with Crippen LogP contribution in [-0.4, -0.2) is 40.2 Å². The molecular weight excluding hydrogens is 400 g/mol. The van der Waals surface area contributed by atoms with Gasteiger partial charge in [0.15, 0.2) is 0 Å². The fourth-order valence-corrected chi connectivity index (χ4v) is 3.16. The van der Waals surface area contributed by atoms with E-state index in [0.29, 0.717) is 23.0 Å². The molecule has 0 aromatic heterocycles. The molecule has 160 valence electrons. The van der Waals surface area contributed by atoms with Gasteiger partial charge in [-0.3, -0.25) is 4.79 Å². The second kappa shape index (κ2) is 9.67. The number of carbonyl (C=O) groups excluding carboxylic acids is 2. The molecular formula is C24H22O7. The molecule has 0 atom stereocenters. The molecule has 7 heteroatoms. The van der Waals surface area contributed by atoms with Crippen molar-refractivity contribution in [2.24, 2.45) is 0 Å². The van der Waals surface area contributed by atoms with E-state index >= 15 is 0 Å². The van der Waals surface area contributed by atoms with Crippen LogP contribution in [0.3, 0.4) is 0 Å². The van der Waals surface area contributed by atoms with E-state index < -0.39 is 11.8 Å². The van der Waals surface area contributed by atoms with Crippen LogP contribution in [0.1, 0.15) is 26.3 Å². The number of esters is 1. The first-order chi connectivity index (χ1) is 15.0. The van der Waals surface area contributed by atoms with Crippen molar-refractivity contribution in [3.8, 4) is 28.7 Å². The summed E-state index contributed by atoms with van der Waals surface area (Å²) in [5, 5.41) is 0. The Bertz CT molecular complexity index is 1060. The first-order valence-corrected chi connectivity index (χ1v) is 9.33. The van der Waals surface area contributed by atoms with Crippen LogP contribution in [-0.2, 0) is 0 Å². The molecule has 0 aliphatic rings. The van der Waals surface area contributed by atoms with Crippen molar-refractivity contribution >= 4 is 11.8 Å². The molecule has 0 amide bonds. The summed E-state index contributed by atoms with van der Waals surface area (Å²) < 4.78 is 26.8.